The molecule has 118 valence electrons. The zero-order chi connectivity index (χ0) is 15.0. The smallest absolute Gasteiger partial charge is 0.311 e. The Balaban J connectivity index is 0.00000400. The normalized spacial score (nSPS) is 9.43. The number of carbonyl (C=O) groups excluding carboxylic acids is 1. The molecule has 0 aromatic heterocycles. The topological polar surface area (TPSA) is 103 Å². The molecule has 2 N–H and O–H groups in total. The number of benzene rings is 1. The van der Waals surface area contributed by atoms with Crippen LogP contribution in [-0.2, 0) is 4.79 Å². The molecule has 0 saturated carbocycles. The van der Waals surface area contributed by atoms with Gasteiger partial charge in [-0.2, -0.15) is 0 Å². The fraction of sp³-hybridized carbons (Fsp3) is 0.417. The Hall–Kier alpha value is -2.06. The molecule has 8 nitrogen and oxygen atoms in total. The second kappa shape index (κ2) is 9.78. The van der Waals surface area contributed by atoms with Crippen molar-refractivity contribution >= 4 is 24.0 Å². The van der Waals surface area contributed by atoms with E-state index in [0.29, 0.717) is 18.8 Å². The van der Waals surface area contributed by atoms with Gasteiger partial charge in [0.25, 0.3) is 5.91 Å². The number of nitrogens with one attached hydrogen (secondary N) is 2. The molecular weight excluding hydrogens is 302 g/mol. The van der Waals surface area contributed by atoms with Gasteiger partial charge in [0, 0.05) is 25.2 Å². The molecule has 0 spiro atoms. The largest absolute Gasteiger partial charge is 0.490 e. The molecule has 0 aliphatic rings. The first-order valence-corrected chi connectivity index (χ1v) is 5.95. The van der Waals surface area contributed by atoms with Gasteiger partial charge in [0.2, 0.25) is 5.75 Å². The minimum Gasteiger partial charge on any atom is -0.490 e. The number of carbonyl (C=O) groups is 1. The Morgan fingerprint density at radius 2 is 2.10 bits per heavy atom. The molecule has 0 unspecified atom stereocenters. The Bertz CT molecular complexity index is 484. The molecule has 1 amide bonds. The Morgan fingerprint density at radius 1 is 1.38 bits per heavy atom. The van der Waals surface area contributed by atoms with Crippen molar-refractivity contribution in [3.05, 3.63) is 28.3 Å². The molecule has 0 bridgehead atoms. The van der Waals surface area contributed by atoms with Crippen molar-refractivity contribution in [2.24, 2.45) is 0 Å². The van der Waals surface area contributed by atoms with Gasteiger partial charge in [-0.1, -0.05) is 0 Å². The number of hydrogen-bond acceptors (Lipinski definition) is 6. The lowest BCUT2D eigenvalue weighted by Gasteiger charge is -2.08. The highest BCUT2D eigenvalue weighted by Gasteiger charge is 2.15. The fourth-order valence-electron chi connectivity index (χ4n) is 1.43. The van der Waals surface area contributed by atoms with Crippen molar-refractivity contribution in [3.8, 4) is 11.5 Å². The monoisotopic (exact) mass is 319 g/mol. The predicted octanol–water partition coefficient (Wildman–Crippen LogP) is 0.740. The molecule has 1 rings (SSSR count). The maximum atomic E-state index is 11.4. The quantitative estimate of drug-likeness (QED) is 0.416. The molecular formula is C12H18ClN3O5. The standard InChI is InChI=1S/C12H17N3O5.ClH/c1-13-5-6-14-12(16)8-20-9-3-4-10(15(17)18)11(7-9)19-2;/h3-4,7,13H,5-6,8H2,1-2H3,(H,14,16);1H. The highest BCUT2D eigenvalue weighted by atomic mass is 35.5. The lowest BCUT2D eigenvalue weighted by Crippen LogP contribution is -2.33. The summed E-state index contributed by atoms with van der Waals surface area (Å²) >= 11 is 0. The first-order chi connectivity index (χ1) is 9.58. The number of nitro groups is 1. The maximum absolute atomic E-state index is 11.4. The summed E-state index contributed by atoms with van der Waals surface area (Å²) in [5, 5.41) is 16.3. The minimum atomic E-state index is -0.549. The van der Waals surface area contributed by atoms with E-state index in [9.17, 15) is 14.9 Å². The van der Waals surface area contributed by atoms with Crippen LogP contribution in [0.25, 0.3) is 0 Å². The van der Waals surface area contributed by atoms with Crippen LogP contribution in [-0.4, -0.2) is 44.7 Å². The lowest BCUT2D eigenvalue weighted by molar-refractivity contribution is -0.385. The summed E-state index contributed by atoms with van der Waals surface area (Å²) in [6.07, 6.45) is 0. The second-order valence-corrected chi connectivity index (χ2v) is 3.83. The van der Waals surface area contributed by atoms with Crippen LogP contribution in [0.2, 0.25) is 0 Å². The molecule has 0 radical (unpaired) electrons. The number of nitro benzene ring substituents is 1. The van der Waals surface area contributed by atoms with E-state index < -0.39 is 4.92 Å². The van der Waals surface area contributed by atoms with Crippen LogP contribution in [0.5, 0.6) is 11.5 Å². The molecule has 0 saturated heterocycles. The van der Waals surface area contributed by atoms with Crippen LogP contribution in [0.4, 0.5) is 5.69 Å². The van der Waals surface area contributed by atoms with Crippen LogP contribution >= 0.6 is 12.4 Å². The number of amides is 1. The number of methoxy groups -OCH3 is 1. The molecule has 1 aromatic carbocycles. The lowest BCUT2D eigenvalue weighted by atomic mass is 10.3. The third kappa shape index (κ3) is 6.28. The zero-order valence-electron chi connectivity index (χ0n) is 11.8. The summed E-state index contributed by atoms with van der Waals surface area (Å²) in [7, 11) is 3.11. The summed E-state index contributed by atoms with van der Waals surface area (Å²) in [5.74, 6) is 0.150. The second-order valence-electron chi connectivity index (χ2n) is 3.83. The van der Waals surface area contributed by atoms with E-state index in [1.807, 2.05) is 0 Å². The average Bonchev–Trinajstić information content (AvgIpc) is 2.44. The van der Waals surface area contributed by atoms with E-state index in [0.717, 1.165) is 0 Å². The van der Waals surface area contributed by atoms with E-state index >= 15 is 0 Å². The summed E-state index contributed by atoms with van der Waals surface area (Å²) < 4.78 is 10.1. The molecule has 0 atom stereocenters. The van der Waals surface area contributed by atoms with Crippen molar-refractivity contribution in [2.45, 2.75) is 0 Å². The van der Waals surface area contributed by atoms with Gasteiger partial charge in [-0.3, -0.25) is 14.9 Å². The molecule has 0 aliphatic carbocycles. The van der Waals surface area contributed by atoms with E-state index in [1.165, 1.54) is 25.3 Å². The Labute approximate surface area is 128 Å². The number of hydrogen-bond donors (Lipinski definition) is 2. The van der Waals surface area contributed by atoms with Crippen molar-refractivity contribution < 1.29 is 19.2 Å². The molecule has 21 heavy (non-hydrogen) atoms. The van der Waals surface area contributed by atoms with E-state index in [1.54, 1.807) is 7.05 Å². The third-order valence-corrected chi connectivity index (χ3v) is 2.41. The number of nitrogens with zero attached hydrogens (tertiary/aromatic N) is 1. The van der Waals surface area contributed by atoms with Crippen molar-refractivity contribution in [1.82, 2.24) is 10.6 Å². The number of ether oxygens (including phenoxy) is 2. The van der Waals surface area contributed by atoms with Gasteiger partial charge in [-0.05, 0) is 13.1 Å². The summed E-state index contributed by atoms with van der Waals surface area (Å²) in [4.78, 5) is 21.6. The maximum Gasteiger partial charge on any atom is 0.311 e. The SMILES string of the molecule is CNCCNC(=O)COc1ccc([N+](=O)[O-])c(OC)c1.Cl. The van der Waals surface area contributed by atoms with Gasteiger partial charge in [0.15, 0.2) is 6.61 Å². The summed E-state index contributed by atoms with van der Waals surface area (Å²) in [6.45, 7) is 1.00. The molecule has 9 heteroatoms. The van der Waals surface area contributed by atoms with Gasteiger partial charge >= 0.3 is 5.69 Å². The zero-order valence-corrected chi connectivity index (χ0v) is 12.6. The van der Waals surface area contributed by atoms with Gasteiger partial charge in [-0.15, -0.1) is 12.4 Å². The molecule has 0 fully saturated rings. The minimum absolute atomic E-state index is 0. The summed E-state index contributed by atoms with van der Waals surface area (Å²) in [6, 6.07) is 4.06. The first-order valence-electron chi connectivity index (χ1n) is 5.95. The fourth-order valence-corrected chi connectivity index (χ4v) is 1.43. The van der Waals surface area contributed by atoms with E-state index in [2.05, 4.69) is 10.6 Å². The van der Waals surface area contributed by atoms with Crippen LogP contribution in [0.15, 0.2) is 18.2 Å². The van der Waals surface area contributed by atoms with Crippen molar-refractivity contribution in [2.75, 3.05) is 33.9 Å². The van der Waals surface area contributed by atoms with Crippen LogP contribution < -0.4 is 20.1 Å². The Morgan fingerprint density at radius 3 is 2.67 bits per heavy atom. The van der Waals surface area contributed by atoms with E-state index in [4.69, 9.17) is 9.47 Å². The van der Waals surface area contributed by atoms with Gasteiger partial charge in [-0.25, -0.2) is 0 Å². The van der Waals surface area contributed by atoms with Gasteiger partial charge in [0.1, 0.15) is 5.75 Å². The number of likely N-dealkylation sites (N-methyl/N-ethyl adjacent to an activating group) is 1. The Kier molecular flexibility index (Phi) is 8.82. The van der Waals surface area contributed by atoms with Crippen LogP contribution in [0.1, 0.15) is 0 Å². The van der Waals surface area contributed by atoms with Crippen LogP contribution in [0.3, 0.4) is 0 Å². The van der Waals surface area contributed by atoms with Gasteiger partial charge in [0.05, 0.1) is 12.0 Å². The molecule has 0 aliphatic heterocycles. The summed E-state index contributed by atoms with van der Waals surface area (Å²) in [5.41, 5.74) is -0.154. The van der Waals surface area contributed by atoms with E-state index in [-0.39, 0.29) is 36.4 Å². The highest BCUT2D eigenvalue weighted by molar-refractivity contribution is 5.85. The number of halogens is 1. The molecule has 0 heterocycles. The van der Waals surface area contributed by atoms with Crippen molar-refractivity contribution in [1.29, 1.82) is 0 Å². The average molecular weight is 320 g/mol. The van der Waals surface area contributed by atoms with Gasteiger partial charge < -0.3 is 20.1 Å². The number of rotatable bonds is 8. The van der Waals surface area contributed by atoms with Crippen molar-refractivity contribution in [3.63, 3.8) is 0 Å². The first kappa shape index (κ1) is 18.9. The highest BCUT2D eigenvalue weighted by Crippen LogP contribution is 2.30. The predicted molar refractivity (Wildman–Crippen MR) is 79.3 cm³/mol. The molecule has 1 aromatic rings. The van der Waals surface area contributed by atoms with Crippen LogP contribution in [0, 0.1) is 10.1 Å². The third-order valence-electron chi connectivity index (χ3n) is 2.41.